The Kier molecular flexibility index (Phi) is 5.28. The first-order valence-corrected chi connectivity index (χ1v) is 10.6. The van der Waals surface area contributed by atoms with Crippen molar-refractivity contribution in [2.75, 3.05) is 13.1 Å². The second-order valence-corrected chi connectivity index (χ2v) is 8.16. The first-order chi connectivity index (χ1) is 16.8. The van der Waals surface area contributed by atoms with Crippen LogP contribution < -0.4 is 10.1 Å². The van der Waals surface area contributed by atoms with Crippen LogP contribution in [0.2, 0.25) is 0 Å². The summed E-state index contributed by atoms with van der Waals surface area (Å²) in [5, 5.41) is 15.9. The van der Waals surface area contributed by atoms with Crippen LogP contribution in [0, 0.1) is 28.9 Å². The van der Waals surface area contributed by atoms with E-state index in [1.807, 2.05) is 0 Å². The first kappa shape index (κ1) is 22.2. The summed E-state index contributed by atoms with van der Waals surface area (Å²) in [6.07, 6.45) is 1.92. The van der Waals surface area contributed by atoms with Gasteiger partial charge in [-0.1, -0.05) is 0 Å². The Labute approximate surface area is 196 Å². The predicted octanol–water partition coefficient (Wildman–Crippen LogP) is 2.25. The van der Waals surface area contributed by atoms with Crippen LogP contribution in [0.1, 0.15) is 6.92 Å². The molecule has 35 heavy (non-hydrogen) atoms. The molecule has 1 aliphatic heterocycles. The molecule has 4 heterocycles. The molecule has 1 fully saturated rings. The molecule has 178 valence electrons. The summed E-state index contributed by atoms with van der Waals surface area (Å²) >= 11 is 0. The highest BCUT2D eigenvalue weighted by molar-refractivity contribution is 5.94. The van der Waals surface area contributed by atoms with Crippen LogP contribution in [0.5, 0.6) is 5.75 Å². The minimum absolute atomic E-state index is 0.0197. The van der Waals surface area contributed by atoms with Crippen LogP contribution in [0.4, 0.5) is 13.6 Å². The van der Waals surface area contributed by atoms with Gasteiger partial charge < -0.3 is 19.9 Å². The lowest BCUT2D eigenvalue weighted by Crippen LogP contribution is -2.56. The molecule has 1 atom stereocenters. The number of nitrogens with zero attached hydrogens (tertiary/aromatic N) is 6. The normalized spacial score (nSPS) is 14.5. The number of hydrogen-bond acceptors (Lipinski definition) is 7. The Bertz CT molecular complexity index is 1530. The number of carbonyl (C=O) groups is 2. The Hall–Kier alpha value is -4.60. The number of benzene rings is 1. The van der Waals surface area contributed by atoms with Crippen molar-refractivity contribution in [2.45, 2.75) is 13.0 Å². The zero-order valence-corrected chi connectivity index (χ0v) is 18.5. The number of nitriles is 1. The Morgan fingerprint density at radius 2 is 2.11 bits per heavy atom. The average Bonchev–Trinajstić information content (AvgIpc) is 3.35. The van der Waals surface area contributed by atoms with Crippen LogP contribution in [0.15, 0.2) is 24.5 Å². The molecule has 1 aromatic carbocycles. The van der Waals surface area contributed by atoms with Crippen molar-refractivity contribution in [2.24, 2.45) is 13.0 Å². The van der Waals surface area contributed by atoms with E-state index in [4.69, 9.17) is 10.00 Å². The highest BCUT2D eigenvalue weighted by Crippen LogP contribution is 2.31. The number of likely N-dealkylation sites (tertiary alicyclic amines) is 1. The minimum atomic E-state index is -1.02. The lowest BCUT2D eigenvalue weighted by atomic mass is 10.0. The topological polar surface area (TPSA) is 142 Å². The maximum Gasteiger partial charge on any atom is 0.413 e. The predicted molar refractivity (Wildman–Crippen MR) is 118 cm³/mol. The smallest absolute Gasteiger partial charge is 0.406 e. The molecule has 1 saturated heterocycles. The van der Waals surface area contributed by atoms with Gasteiger partial charge >= 0.3 is 6.09 Å². The number of ether oxygens (including phenoxy) is 1. The van der Waals surface area contributed by atoms with Gasteiger partial charge in [-0.05, 0) is 19.1 Å². The fourth-order valence-electron chi connectivity index (χ4n) is 3.93. The van der Waals surface area contributed by atoms with Crippen LogP contribution in [-0.2, 0) is 11.8 Å². The molecule has 3 aromatic heterocycles. The molecule has 11 nitrogen and oxygen atoms in total. The van der Waals surface area contributed by atoms with Crippen LogP contribution in [0.3, 0.4) is 0 Å². The van der Waals surface area contributed by atoms with E-state index in [-0.39, 0.29) is 40.0 Å². The Balaban J connectivity index is 1.37. The highest BCUT2D eigenvalue weighted by Gasteiger charge is 2.33. The Morgan fingerprint density at radius 1 is 1.34 bits per heavy atom. The lowest BCUT2D eigenvalue weighted by Gasteiger charge is -2.36. The lowest BCUT2D eigenvalue weighted by molar-refractivity contribution is -0.137. The maximum absolute atomic E-state index is 14.3. The number of fused-ring (bicyclic) bond motifs is 2. The molecule has 5 rings (SSSR count). The molecular formula is C22H18F2N8O3. The van der Waals surface area contributed by atoms with E-state index in [0.29, 0.717) is 24.1 Å². The van der Waals surface area contributed by atoms with Crippen LogP contribution in [0.25, 0.3) is 33.5 Å². The maximum atomic E-state index is 14.3. The van der Waals surface area contributed by atoms with Gasteiger partial charge in [0.2, 0.25) is 5.91 Å². The number of carbonyl (C=O) groups excluding carboxylic acids is 2. The summed E-state index contributed by atoms with van der Waals surface area (Å²) < 4.78 is 34.5. The number of halogens is 2. The number of rotatable bonds is 4. The standard InChI is InChI=1S/C22H18F2N8O3/c1-10(21(33)32-8-11(5-25)9-32)28-22(34)35-15-7-27-20-18(15)29-14(6-26-20)17-12-3-4-13(23)16(24)19(12)31(2)30-17/h3-4,6-7,10-11H,8-9H2,1-2H3,(H,26,27)(H,28,34)/t10-/m1/s1. The quantitative estimate of drug-likeness (QED) is 0.456. The molecule has 2 N–H and O–H groups in total. The summed E-state index contributed by atoms with van der Waals surface area (Å²) in [5.74, 6) is -2.47. The zero-order valence-electron chi connectivity index (χ0n) is 18.5. The van der Waals surface area contributed by atoms with Crippen molar-refractivity contribution >= 4 is 34.1 Å². The molecule has 0 spiro atoms. The van der Waals surface area contributed by atoms with Gasteiger partial charge in [0, 0.05) is 31.7 Å². The fourth-order valence-corrected chi connectivity index (χ4v) is 3.93. The molecule has 0 bridgehead atoms. The number of H-pyrrole nitrogens is 1. The highest BCUT2D eigenvalue weighted by atomic mass is 19.2. The van der Waals surface area contributed by atoms with Gasteiger partial charge in [-0.15, -0.1) is 0 Å². The van der Waals surface area contributed by atoms with Gasteiger partial charge in [0.05, 0.1) is 18.2 Å². The second-order valence-electron chi connectivity index (χ2n) is 8.16. The van der Waals surface area contributed by atoms with Crippen LogP contribution >= 0.6 is 0 Å². The van der Waals surface area contributed by atoms with Crippen molar-refractivity contribution in [1.29, 1.82) is 5.26 Å². The number of amides is 2. The van der Waals surface area contributed by atoms with E-state index in [1.54, 1.807) is 0 Å². The van der Waals surface area contributed by atoms with Gasteiger partial charge in [-0.3, -0.25) is 9.48 Å². The summed E-state index contributed by atoms with van der Waals surface area (Å²) in [7, 11) is 1.48. The van der Waals surface area contributed by atoms with Crippen molar-refractivity contribution in [1.82, 2.24) is 34.9 Å². The molecule has 0 saturated carbocycles. The molecular weight excluding hydrogens is 462 g/mol. The third kappa shape index (κ3) is 3.78. The molecule has 0 aliphatic carbocycles. The summed E-state index contributed by atoms with van der Waals surface area (Å²) in [6.45, 7) is 2.18. The van der Waals surface area contributed by atoms with E-state index in [2.05, 4.69) is 31.4 Å². The molecule has 0 unspecified atom stereocenters. The van der Waals surface area contributed by atoms with Gasteiger partial charge in [0.1, 0.15) is 22.9 Å². The molecule has 1 aliphatic rings. The number of nitrogens with one attached hydrogen (secondary N) is 2. The number of hydrogen-bond donors (Lipinski definition) is 2. The average molecular weight is 480 g/mol. The molecule has 2 amide bonds. The number of aromatic nitrogens is 5. The van der Waals surface area contributed by atoms with Crippen molar-refractivity contribution in [3.05, 3.63) is 36.2 Å². The summed E-state index contributed by atoms with van der Waals surface area (Å²) in [4.78, 5) is 37.8. The van der Waals surface area contributed by atoms with E-state index >= 15 is 0 Å². The number of aromatic amines is 1. The minimum Gasteiger partial charge on any atom is -0.406 e. The van der Waals surface area contributed by atoms with Crippen molar-refractivity contribution < 1.29 is 23.1 Å². The SMILES string of the molecule is C[C@@H](NC(=O)Oc1c[nH]c2ncc(-c3nn(C)c4c(F)c(F)ccc34)nc12)C(=O)N1CC(C#N)C1. The van der Waals surface area contributed by atoms with Gasteiger partial charge in [0.25, 0.3) is 0 Å². The van der Waals surface area contributed by atoms with E-state index < -0.39 is 23.8 Å². The third-order valence-corrected chi connectivity index (χ3v) is 5.77. The third-order valence-electron chi connectivity index (χ3n) is 5.77. The largest absolute Gasteiger partial charge is 0.413 e. The van der Waals surface area contributed by atoms with Crippen molar-refractivity contribution in [3.63, 3.8) is 0 Å². The van der Waals surface area contributed by atoms with Crippen LogP contribution in [-0.4, -0.2) is 60.8 Å². The monoisotopic (exact) mass is 480 g/mol. The summed E-state index contributed by atoms with van der Waals surface area (Å²) in [6, 6.07) is 3.63. The van der Waals surface area contributed by atoms with E-state index in [9.17, 15) is 18.4 Å². The van der Waals surface area contributed by atoms with E-state index in [1.165, 1.54) is 42.0 Å². The molecule has 13 heteroatoms. The second kappa shape index (κ2) is 8.32. The van der Waals surface area contributed by atoms with E-state index in [0.717, 1.165) is 6.07 Å². The van der Waals surface area contributed by atoms with Gasteiger partial charge in [0.15, 0.2) is 28.5 Å². The Morgan fingerprint density at radius 3 is 2.86 bits per heavy atom. The summed E-state index contributed by atoms with van der Waals surface area (Å²) in [5.41, 5.74) is 1.04. The fraction of sp³-hybridized carbons (Fsp3) is 0.273. The molecule has 4 aromatic rings. The van der Waals surface area contributed by atoms with Gasteiger partial charge in [-0.25, -0.2) is 23.5 Å². The molecule has 0 radical (unpaired) electrons. The zero-order chi connectivity index (χ0) is 24.9. The van der Waals surface area contributed by atoms with Crippen molar-refractivity contribution in [3.8, 4) is 23.2 Å². The first-order valence-electron chi connectivity index (χ1n) is 10.6. The number of aryl methyl sites for hydroxylation is 1. The van der Waals surface area contributed by atoms with Gasteiger partial charge in [-0.2, -0.15) is 10.4 Å².